The molecule has 1 heterocycles. The first-order valence-electron chi connectivity index (χ1n) is 5.29. The molecule has 5 nitrogen and oxygen atoms in total. The summed E-state index contributed by atoms with van der Waals surface area (Å²) >= 11 is 0. The Morgan fingerprint density at radius 1 is 1.11 bits per heavy atom. The van der Waals surface area contributed by atoms with Crippen molar-refractivity contribution < 1.29 is 8.42 Å². The molecule has 4 N–H and O–H groups in total. The Balaban J connectivity index is 2.44. The molecule has 0 bridgehead atoms. The van der Waals surface area contributed by atoms with E-state index in [0.29, 0.717) is 12.2 Å². The monoisotopic (exact) mass is 263 g/mol. The van der Waals surface area contributed by atoms with Crippen LogP contribution in [0.4, 0.5) is 0 Å². The van der Waals surface area contributed by atoms with E-state index in [2.05, 4.69) is 4.98 Å². The molecule has 1 aromatic heterocycles. The molecule has 0 saturated heterocycles. The molecule has 2 aromatic rings. The molecule has 18 heavy (non-hydrogen) atoms. The van der Waals surface area contributed by atoms with Crippen LogP contribution in [0.1, 0.15) is 5.56 Å². The van der Waals surface area contributed by atoms with Crippen LogP contribution in [0.5, 0.6) is 0 Å². The third kappa shape index (κ3) is 2.73. The first kappa shape index (κ1) is 12.7. The predicted molar refractivity (Wildman–Crippen MR) is 68.9 cm³/mol. The summed E-state index contributed by atoms with van der Waals surface area (Å²) in [5, 5.41) is 5.08. The van der Waals surface area contributed by atoms with Gasteiger partial charge in [-0.25, -0.2) is 13.6 Å². The Morgan fingerprint density at radius 3 is 2.33 bits per heavy atom. The highest BCUT2D eigenvalue weighted by Crippen LogP contribution is 2.19. The molecule has 2 rings (SSSR count). The topological polar surface area (TPSA) is 99.1 Å². The minimum absolute atomic E-state index is 0.0513. The molecule has 0 fully saturated rings. The standard InChI is InChI=1S/C12H13N3O2S/c13-8-9-1-3-10(4-2-9)12-7-11(5-6-15-12)18(14,16)17/h1-7H,8,13H2,(H2,14,16,17). The van der Waals surface area contributed by atoms with Gasteiger partial charge in [-0.05, 0) is 17.7 Å². The van der Waals surface area contributed by atoms with Gasteiger partial charge in [-0.3, -0.25) is 4.98 Å². The van der Waals surface area contributed by atoms with E-state index < -0.39 is 10.0 Å². The third-order valence-electron chi connectivity index (χ3n) is 2.55. The predicted octanol–water partition coefficient (Wildman–Crippen LogP) is 0.855. The Labute approximate surface area is 106 Å². The van der Waals surface area contributed by atoms with E-state index in [0.717, 1.165) is 11.1 Å². The van der Waals surface area contributed by atoms with Crippen molar-refractivity contribution in [3.05, 3.63) is 48.2 Å². The summed E-state index contributed by atoms with van der Waals surface area (Å²) in [6.07, 6.45) is 1.42. The molecule has 6 heteroatoms. The molecular formula is C12H13N3O2S. The van der Waals surface area contributed by atoms with E-state index in [1.165, 1.54) is 18.3 Å². The van der Waals surface area contributed by atoms with Crippen LogP contribution in [-0.4, -0.2) is 13.4 Å². The zero-order valence-corrected chi connectivity index (χ0v) is 10.4. The fraction of sp³-hybridized carbons (Fsp3) is 0.0833. The molecule has 0 aliphatic carbocycles. The average molecular weight is 263 g/mol. The van der Waals surface area contributed by atoms with Gasteiger partial charge in [-0.1, -0.05) is 24.3 Å². The quantitative estimate of drug-likeness (QED) is 0.857. The summed E-state index contributed by atoms with van der Waals surface area (Å²) in [4.78, 5) is 4.18. The molecule has 0 saturated carbocycles. The fourth-order valence-corrected chi connectivity index (χ4v) is 2.08. The van der Waals surface area contributed by atoms with E-state index in [1.54, 1.807) is 0 Å². The van der Waals surface area contributed by atoms with Crippen molar-refractivity contribution in [1.29, 1.82) is 0 Å². The molecule has 0 radical (unpaired) electrons. The Hall–Kier alpha value is -1.76. The van der Waals surface area contributed by atoms with Crippen LogP contribution in [-0.2, 0) is 16.6 Å². The summed E-state index contributed by atoms with van der Waals surface area (Å²) in [6.45, 7) is 0.463. The van der Waals surface area contributed by atoms with Gasteiger partial charge >= 0.3 is 0 Å². The second kappa shape index (κ2) is 4.85. The number of sulfonamides is 1. The van der Waals surface area contributed by atoms with E-state index in [9.17, 15) is 8.42 Å². The minimum Gasteiger partial charge on any atom is -0.326 e. The van der Waals surface area contributed by atoms with Crippen LogP contribution in [0.15, 0.2) is 47.5 Å². The molecule has 0 atom stereocenters. The van der Waals surface area contributed by atoms with E-state index in [-0.39, 0.29) is 4.90 Å². The molecule has 0 spiro atoms. The van der Waals surface area contributed by atoms with E-state index >= 15 is 0 Å². The van der Waals surface area contributed by atoms with Gasteiger partial charge in [0, 0.05) is 18.3 Å². The number of pyridine rings is 1. The van der Waals surface area contributed by atoms with Crippen molar-refractivity contribution in [2.24, 2.45) is 10.9 Å². The summed E-state index contributed by atoms with van der Waals surface area (Å²) in [5.41, 5.74) is 7.89. The average Bonchev–Trinajstić information content (AvgIpc) is 2.38. The second-order valence-corrected chi connectivity index (χ2v) is 5.38. The number of hydrogen-bond donors (Lipinski definition) is 2. The summed E-state index contributed by atoms with van der Waals surface area (Å²) in [6, 6.07) is 10.3. The number of benzene rings is 1. The maximum Gasteiger partial charge on any atom is 0.238 e. The van der Waals surface area contributed by atoms with Gasteiger partial charge < -0.3 is 5.73 Å². The number of nitrogens with zero attached hydrogens (tertiary/aromatic N) is 1. The summed E-state index contributed by atoms with van der Waals surface area (Å²) < 4.78 is 22.5. The van der Waals surface area contributed by atoms with Gasteiger partial charge in [0.2, 0.25) is 10.0 Å². The van der Waals surface area contributed by atoms with Crippen molar-refractivity contribution in [2.75, 3.05) is 0 Å². The van der Waals surface area contributed by atoms with E-state index in [4.69, 9.17) is 10.9 Å². The zero-order chi connectivity index (χ0) is 13.2. The van der Waals surface area contributed by atoms with Crippen LogP contribution in [0.25, 0.3) is 11.3 Å². The van der Waals surface area contributed by atoms with Crippen molar-refractivity contribution in [2.45, 2.75) is 11.4 Å². The van der Waals surface area contributed by atoms with Gasteiger partial charge in [0.05, 0.1) is 10.6 Å². The van der Waals surface area contributed by atoms with Crippen molar-refractivity contribution >= 4 is 10.0 Å². The molecule has 94 valence electrons. The van der Waals surface area contributed by atoms with Gasteiger partial charge in [-0.15, -0.1) is 0 Å². The molecule has 0 amide bonds. The molecular weight excluding hydrogens is 250 g/mol. The number of rotatable bonds is 3. The smallest absolute Gasteiger partial charge is 0.238 e. The largest absolute Gasteiger partial charge is 0.326 e. The Kier molecular flexibility index (Phi) is 3.42. The normalized spacial score (nSPS) is 11.4. The third-order valence-corrected chi connectivity index (χ3v) is 3.46. The highest BCUT2D eigenvalue weighted by Gasteiger charge is 2.09. The van der Waals surface area contributed by atoms with Crippen LogP contribution >= 0.6 is 0 Å². The van der Waals surface area contributed by atoms with Crippen LogP contribution in [0, 0.1) is 0 Å². The molecule has 1 aromatic carbocycles. The maximum atomic E-state index is 11.3. The number of primary sulfonamides is 1. The van der Waals surface area contributed by atoms with Crippen LogP contribution in [0.3, 0.4) is 0 Å². The lowest BCUT2D eigenvalue weighted by Gasteiger charge is -2.04. The Morgan fingerprint density at radius 2 is 1.78 bits per heavy atom. The Bertz CT molecular complexity index is 651. The zero-order valence-electron chi connectivity index (χ0n) is 9.58. The van der Waals surface area contributed by atoms with Crippen LogP contribution in [0.2, 0.25) is 0 Å². The number of hydrogen-bond acceptors (Lipinski definition) is 4. The lowest BCUT2D eigenvalue weighted by Crippen LogP contribution is -2.12. The van der Waals surface area contributed by atoms with Crippen molar-refractivity contribution in [3.63, 3.8) is 0 Å². The first-order chi connectivity index (χ1) is 8.50. The van der Waals surface area contributed by atoms with Gasteiger partial charge in [0.25, 0.3) is 0 Å². The minimum atomic E-state index is -3.71. The second-order valence-electron chi connectivity index (χ2n) is 3.82. The summed E-state index contributed by atoms with van der Waals surface area (Å²) in [7, 11) is -3.71. The lowest BCUT2D eigenvalue weighted by atomic mass is 10.1. The highest BCUT2D eigenvalue weighted by molar-refractivity contribution is 7.89. The maximum absolute atomic E-state index is 11.3. The van der Waals surface area contributed by atoms with Crippen molar-refractivity contribution in [1.82, 2.24) is 4.98 Å². The van der Waals surface area contributed by atoms with Crippen molar-refractivity contribution in [3.8, 4) is 11.3 Å². The van der Waals surface area contributed by atoms with Gasteiger partial charge in [0.1, 0.15) is 0 Å². The number of aromatic nitrogens is 1. The molecule has 0 aliphatic heterocycles. The molecule has 0 unspecified atom stereocenters. The number of nitrogens with two attached hydrogens (primary N) is 2. The molecule has 0 aliphatic rings. The van der Waals surface area contributed by atoms with Gasteiger partial charge in [-0.2, -0.15) is 0 Å². The summed E-state index contributed by atoms with van der Waals surface area (Å²) in [5.74, 6) is 0. The first-order valence-corrected chi connectivity index (χ1v) is 6.83. The SMILES string of the molecule is NCc1ccc(-c2cc(S(N)(=O)=O)ccn2)cc1. The van der Waals surface area contributed by atoms with Crippen LogP contribution < -0.4 is 10.9 Å². The lowest BCUT2D eigenvalue weighted by molar-refractivity contribution is 0.597. The van der Waals surface area contributed by atoms with Gasteiger partial charge in [0.15, 0.2) is 0 Å². The van der Waals surface area contributed by atoms with E-state index in [1.807, 2.05) is 24.3 Å². The highest BCUT2D eigenvalue weighted by atomic mass is 32.2. The fourth-order valence-electron chi connectivity index (χ4n) is 1.56.